The van der Waals surface area contributed by atoms with E-state index < -0.39 is 10.0 Å². The maximum atomic E-state index is 12.0. The first-order chi connectivity index (χ1) is 9.01. The highest BCUT2D eigenvalue weighted by atomic mass is 35.5. The Bertz CT molecular complexity index is 490. The van der Waals surface area contributed by atoms with E-state index >= 15 is 0 Å². The van der Waals surface area contributed by atoms with Gasteiger partial charge in [-0.2, -0.15) is 0 Å². The fourth-order valence-corrected chi connectivity index (χ4v) is 3.11. The number of halogens is 1. The third-order valence-electron chi connectivity index (χ3n) is 2.68. The standard InChI is InChI=1S/C13H20ClNO3S/c1-3-18-13-8-5-4-7-12(13)11-15(2)19(16,17)10-6-9-14/h4-5,7-8H,3,6,9-11H2,1-2H3. The topological polar surface area (TPSA) is 46.6 Å². The summed E-state index contributed by atoms with van der Waals surface area (Å²) in [6, 6.07) is 7.46. The molecule has 19 heavy (non-hydrogen) atoms. The van der Waals surface area contributed by atoms with Crippen molar-refractivity contribution < 1.29 is 13.2 Å². The van der Waals surface area contributed by atoms with E-state index in [0.29, 0.717) is 25.5 Å². The van der Waals surface area contributed by atoms with E-state index in [1.54, 1.807) is 7.05 Å². The molecule has 0 atom stereocenters. The van der Waals surface area contributed by atoms with Crippen molar-refractivity contribution in [2.45, 2.75) is 19.9 Å². The summed E-state index contributed by atoms with van der Waals surface area (Å²) in [5, 5.41) is 0. The molecule has 0 aliphatic heterocycles. The second kappa shape index (κ2) is 7.72. The van der Waals surface area contributed by atoms with Crippen LogP contribution >= 0.6 is 11.6 Å². The molecule has 0 aliphatic carbocycles. The number of para-hydroxylation sites is 1. The first-order valence-electron chi connectivity index (χ1n) is 6.22. The van der Waals surface area contributed by atoms with E-state index in [0.717, 1.165) is 11.3 Å². The first kappa shape index (κ1) is 16.3. The van der Waals surface area contributed by atoms with Crippen LogP contribution in [0.15, 0.2) is 24.3 Å². The minimum absolute atomic E-state index is 0.0732. The van der Waals surface area contributed by atoms with Crippen LogP contribution in [-0.2, 0) is 16.6 Å². The lowest BCUT2D eigenvalue weighted by molar-refractivity contribution is 0.332. The molecule has 0 radical (unpaired) electrons. The molecule has 1 rings (SSSR count). The van der Waals surface area contributed by atoms with Crippen molar-refractivity contribution in [1.29, 1.82) is 0 Å². The number of sulfonamides is 1. The number of benzene rings is 1. The smallest absolute Gasteiger partial charge is 0.214 e. The number of ether oxygens (including phenoxy) is 1. The molecule has 0 aliphatic rings. The van der Waals surface area contributed by atoms with Crippen LogP contribution in [0.2, 0.25) is 0 Å². The van der Waals surface area contributed by atoms with Crippen molar-refractivity contribution in [3.63, 3.8) is 0 Å². The predicted molar refractivity (Wildman–Crippen MR) is 78.2 cm³/mol. The summed E-state index contributed by atoms with van der Waals surface area (Å²) in [5.41, 5.74) is 0.862. The fourth-order valence-electron chi connectivity index (χ4n) is 1.66. The van der Waals surface area contributed by atoms with Gasteiger partial charge in [0.1, 0.15) is 5.75 Å². The van der Waals surface area contributed by atoms with Gasteiger partial charge in [-0.3, -0.25) is 0 Å². The molecule has 1 aromatic carbocycles. The lowest BCUT2D eigenvalue weighted by atomic mass is 10.2. The third kappa shape index (κ3) is 5.01. The highest BCUT2D eigenvalue weighted by Crippen LogP contribution is 2.20. The van der Waals surface area contributed by atoms with Gasteiger partial charge >= 0.3 is 0 Å². The molecule has 0 aromatic heterocycles. The van der Waals surface area contributed by atoms with Crippen LogP contribution in [0, 0.1) is 0 Å². The van der Waals surface area contributed by atoms with Gasteiger partial charge in [-0.25, -0.2) is 12.7 Å². The van der Waals surface area contributed by atoms with Gasteiger partial charge < -0.3 is 4.74 Å². The molecule has 0 amide bonds. The van der Waals surface area contributed by atoms with Crippen LogP contribution < -0.4 is 4.74 Å². The Labute approximate surface area is 120 Å². The molecule has 0 spiro atoms. The van der Waals surface area contributed by atoms with Crippen LogP contribution in [0.1, 0.15) is 18.9 Å². The van der Waals surface area contributed by atoms with E-state index in [-0.39, 0.29) is 5.75 Å². The predicted octanol–water partition coefficient (Wildman–Crippen LogP) is 2.48. The van der Waals surface area contributed by atoms with E-state index in [9.17, 15) is 8.42 Å². The monoisotopic (exact) mass is 305 g/mol. The number of rotatable bonds is 8. The van der Waals surface area contributed by atoms with Crippen LogP contribution in [0.5, 0.6) is 5.75 Å². The lowest BCUT2D eigenvalue weighted by Gasteiger charge is -2.18. The zero-order valence-electron chi connectivity index (χ0n) is 11.3. The van der Waals surface area contributed by atoms with Gasteiger partial charge in [0.15, 0.2) is 0 Å². The van der Waals surface area contributed by atoms with Crippen molar-refractivity contribution in [2.24, 2.45) is 0 Å². The van der Waals surface area contributed by atoms with Crippen molar-refractivity contribution >= 4 is 21.6 Å². The largest absolute Gasteiger partial charge is 0.494 e. The molecule has 0 N–H and O–H groups in total. The van der Waals surface area contributed by atoms with Crippen LogP contribution in [0.25, 0.3) is 0 Å². The molecule has 0 saturated carbocycles. The van der Waals surface area contributed by atoms with E-state index in [1.165, 1.54) is 4.31 Å². The van der Waals surface area contributed by atoms with Gasteiger partial charge in [0.05, 0.1) is 12.4 Å². The molecule has 4 nitrogen and oxygen atoms in total. The second-order valence-corrected chi connectivity index (χ2v) is 6.73. The number of alkyl halides is 1. The Morgan fingerprint density at radius 1 is 1.32 bits per heavy atom. The Kier molecular flexibility index (Phi) is 6.62. The van der Waals surface area contributed by atoms with E-state index in [1.807, 2.05) is 31.2 Å². The molecular weight excluding hydrogens is 286 g/mol. The van der Waals surface area contributed by atoms with Crippen molar-refractivity contribution in [3.8, 4) is 5.75 Å². The van der Waals surface area contributed by atoms with Crippen molar-refractivity contribution in [3.05, 3.63) is 29.8 Å². The van der Waals surface area contributed by atoms with E-state index in [4.69, 9.17) is 16.3 Å². The van der Waals surface area contributed by atoms with Crippen LogP contribution in [0.4, 0.5) is 0 Å². The molecular formula is C13H20ClNO3S. The average molecular weight is 306 g/mol. The summed E-state index contributed by atoms with van der Waals surface area (Å²) >= 11 is 5.54. The minimum atomic E-state index is -3.26. The van der Waals surface area contributed by atoms with Gasteiger partial charge in [-0.05, 0) is 19.4 Å². The number of hydrogen-bond acceptors (Lipinski definition) is 3. The summed E-state index contributed by atoms with van der Waals surface area (Å²) in [5.74, 6) is 1.15. The molecule has 0 saturated heterocycles. The maximum absolute atomic E-state index is 12.0. The van der Waals surface area contributed by atoms with Gasteiger partial charge in [0.2, 0.25) is 10.0 Å². The normalized spacial score (nSPS) is 11.8. The fraction of sp³-hybridized carbons (Fsp3) is 0.538. The average Bonchev–Trinajstić information content (AvgIpc) is 2.39. The highest BCUT2D eigenvalue weighted by Gasteiger charge is 2.18. The minimum Gasteiger partial charge on any atom is -0.494 e. The molecule has 1 aromatic rings. The van der Waals surface area contributed by atoms with Crippen molar-refractivity contribution in [2.75, 3.05) is 25.3 Å². The van der Waals surface area contributed by atoms with Gasteiger partial charge in [-0.1, -0.05) is 18.2 Å². The Morgan fingerprint density at radius 2 is 2.00 bits per heavy atom. The van der Waals surface area contributed by atoms with Gasteiger partial charge in [-0.15, -0.1) is 11.6 Å². The van der Waals surface area contributed by atoms with Gasteiger partial charge in [0, 0.05) is 25.0 Å². The van der Waals surface area contributed by atoms with Gasteiger partial charge in [0.25, 0.3) is 0 Å². The Morgan fingerprint density at radius 3 is 2.63 bits per heavy atom. The summed E-state index contributed by atoms with van der Waals surface area (Å²) in [4.78, 5) is 0. The summed E-state index contributed by atoms with van der Waals surface area (Å²) < 4.78 is 30.8. The zero-order valence-corrected chi connectivity index (χ0v) is 12.9. The molecule has 0 heterocycles. The number of nitrogens with zero attached hydrogens (tertiary/aromatic N) is 1. The quantitative estimate of drug-likeness (QED) is 0.693. The molecule has 0 unspecified atom stereocenters. The SMILES string of the molecule is CCOc1ccccc1CN(C)S(=O)(=O)CCCCl. The number of hydrogen-bond donors (Lipinski definition) is 0. The maximum Gasteiger partial charge on any atom is 0.214 e. The molecule has 0 bridgehead atoms. The van der Waals surface area contributed by atoms with Crippen LogP contribution in [-0.4, -0.2) is 38.0 Å². The molecule has 0 fully saturated rings. The highest BCUT2D eigenvalue weighted by molar-refractivity contribution is 7.89. The molecule has 6 heteroatoms. The summed E-state index contributed by atoms with van der Waals surface area (Å²) in [6.07, 6.45) is 0.460. The Hall–Kier alpha value is -0.780. The Balaban J connectivity index is 2.79. The third-order valence-corrected chi connectivity index (χ3v) is 4.83. The molecule has 108 valence electrons. The van der Waals surface area contributed by atoms with Crippen LogP contribution in [0.3, 0.4) is 0 Å². The lowest BCUT2D eigenvalue weighted by Crippen LogP contribution is -2.29. The zero-order chi connectivity index (χ0) is 14.3. The summed E-state index contributed by atoms with van der Waals surface area (Å²) in [6.45, 7) is 2.76. The van der Waals surface area contributed by atoms with E-state index in [2.05, 4.69) is 0 Å². The van der Waals surface area contributed by atoms with Crippen molar-refractivity contribution in [1.82, 2.24) is 4.31 Å². The summed E-state index contributed by atoms with van der Waals surface area (Å²) in [7, 11) is -1.68. The second-order valence-electron chi connectivity index (χ2n) is 4.16. The first-order valence-corrected chi connectivity index (χ1v) is 8.36.